The molecule has 90 valence electrons. The maximum Gasteiger partial charge on any atom is 0.149 e. The molecule has 2 heteroatoms. The van der Waals surface area contributed by atoms with E-state index in [1.807, 2.05) is 14.0 Å². The van der Waals surface area contributed by atoms with Crippen LogP contribution in [0.5, 0.6) is 0 Å². The maximum atomic E-state index is 11.4. The van der Waals surface area contributed by atoms with Crippen LogP contribution < -0.4 is 5.32 Å². The van der Waals surface area contributed by atoms with Crippen LogP contribution in [0.2, 0.25) is 0 Å². The molecule has 1 N–H and O–H groups in total. The van der Waals surface area contributed by atoms with E-state index in [0.29, 0.717) is 5.78 Å². The van der Waals surface area contributed by atoms with Gasteiger partial charge in [-0.1, -0.05) is 45.4 Å². The van der Waals surface area contributed by atoms with Crippen molar-refractivity contribution in [3.8, 4) is 0 Å². The number of rotatable bonds is 10. The van der Waals surface area contributed by atoms with Gasteiger partial charge in [-0.25, -0.2) is 0 Å². The highest BCUT2D eigenvalue weighted by molar-refractivity contribution is 5.83. The first-order valence-electron chi connectivity index (χ1n) is 6.42. The van der Waals surface area contributed by atoms with E-state index >= 15 is 0 Å². The zero-order chi connectivity index (χ0) is 11.5. The van der Waals surface area contributed by atoms with Gasteiger partial charge in [-0.3, -0.25) is 4.79 Å². The summed E-state index contributed by atoms with van der Waals surface area (Å²) in [6.45, 7) is 4.17. The van der Waals surface area contributed by atoms with Crippen molar-refractivity contribution in [3.63, 3.8) is 0 Å². The van der Waals surface area contributed by atoms with E-state index in [2.05, 4.69) is 12.2 Å². The van der Waals surface area contributed by atoms with Crippen LogP contribution in [0.15, 0.2) is 0 Å². The molecule has 1 unspecified atom stereocenters. The lowest BCUT2D eigenvalue weighted by molar-refractivity contribution is -0.120. The number of likely N-dealkylation sites (N-methyl/N-ethyl adjacent to an activating group) is 1. The van der Waals surface area contributed by atoms with Crippen molar-refractivity contribution < 1.29 is 4.79 Å². The fourth-order valence-corrected chi connectivity index (χ4v) is 1.63. The molecule has 15 heavy (non-hydrogen) atoms. The quantitative estimate of drug-likeness (QED) is 0.564. The number of ketones is 1. The number of hydrogen-bond donors (Lipinski definition) is 1. The van der Waals surface area contributed by atoms with Gasteiger partial charge in [0.05, 0.1) is 6.04 Å². The van der Waals surface area contributed by atoms with Crippen LogP contribution in [-0.4, -0.2) is 18.9 Å². The van der Waals surface area contributed by atoms with Crippen molar-refractivity contribution in [1.29, 1.82) is 0 Å². The summed E-state index contributed by atoms with van der Waals surface area (Å²) in [5.74, 6) is 0.353. The second-order valence-corrected chi connectivity index (χ2v) is 4.35. The summed E-state index contributed by atoms with van der Waals surface area (Å²) >= 11 is 0. The first kappa shape index (κ1) is 14.6. The Morgan fingerprint density at radius 2 is 1.60 bits per heavy atom. The SMILES string of the molecule is CCCCCCCCCC(=O)C(C)NC. The average Bonchev–Trinajstić information content (AvgIpc) is 2.26. The molecule has 0 heterocycles. The van der Waals surface area contributed by atoms with Crippen molar-refractivity contribution >= 4 is 5.78 Å². The Labute approximate surface area is 94.8 Å². The van der Waals surface area contributed by atoms with Gasteiger partial charge in [0.25, 0.3) is 0 Å². The maximum absolute atomic E-state index is 11.4. The third-order valence-corrected chi connectivity index (χ3v) is 2.94. The zero-order valence-electron chi connectivity index (χ0n) is 10.6. The van der Waals surface area contributed by atoms with Crippen molar-refractivity contribution in [1.82, 2.24) is 5.32 Å². The smallest absolute Gasteiger partial charge is 0.149 e. The van der Waals surface area contributed by atoms with Gasteiger partial charge in [-0.15, -0.1) is 0 Å². The Morgan fingerprint density at radius 3 is 2.13 bits per heavy atom. The Balaban J connectivity index is 3.20. The van der Waals surface area contributed by atoms with Crippen molar-refractivity contribution in [2.75, 3.05) is 7.05 Å². The topological polar surface area (TPSA) is 29.1 Å². The van der Waals surface area contributed by atoms with Crippen LogP contribution in [0.25, 0.3) is 0 Å². The number of nitrogens with one attached hydrogen (secondary N) is 1. The Bertz CT molecular complexity index is 157. The molecule has 0 aliphatic heterocycles. The molecule has 0 aromatic heterocycles. The fraction of sp³-hybridized carbons (Fsp3) is 0.923. The third-order valence-electron chi connectivity index (χ3n) is 2.94. The van der Waals surface area contributed by atoms with Crippen molar-refractivity contribution in [2.24, 2.45) is 0 Å². The van der Waals surface area contributed by atoms with Gasteiger partial charge in [-0.05, 0) is 20.4 Å². The molecule has 0 fully saturated rings. The van der Waals surface area contributed by atoms with Gasteiger partial charge in [0, 0.05) is 6.42 Å². The number of hydrogen-bond acceptors (Lipinski definition) is 2. The monoisotopic (exact) mass is 213 g/mol. The standard InChI is InChI=1S/C13H27NO/c1-4-5-6-7-8-9-10-11-13(15)12(2)14-3/h12,14H,4-11H2,1-3H3. The molecule has 0 saturated carbocycles. The van der Waals surface area contributed by atoms with Gasteiger partial charge in [0.15, 0.2) is 0 Å². The highest BCUT2D eigenvalue weighted by Gasteiger charge is 2.08. The van der Waals surface area contributed by atoms with Crippen molar-refractivity contribution in [2.45, 2.75) is 71.3 Å². The molecule has 0 aliphatic carbocycles. The first-order valence-corrected chi connectivity index (χ1v) is 6.42. The molecule has 0 aromatic carbocycles. The minimum absolute atomic E-state index is 0.0325. The number of carbonyl (C=O) groups is 1. The summed E-state index contributed by atoms with van der Waals surface area (Å²) in [4.78, 5) is 11.4. The number of unbranched alkanes of at least 4 members (excludes halogenated alkanes) is 6. The van der Waals surface area contributed by atoms with E-state index in [1.54, 1.807) is 0 Å². The molecule has 0 saturated heterocycles. The molecule has 0 aliphatic rings. The van der Waals surface area contributed by atoms with E-state index in [1.165, 1.54) is 38.5 Å². The van der Waals surface area contributed by atoms with Crippen LogP contribution in [0.4, 0.5) is 0 Å². The highest BCUT2D eigenvalue weighted by Crippen LogP contribution is 2.09. The Hall–Kier alpha value is -0.370. The predicted octanol–water partition coefficient (Wildman–Crippen LogP) is 3.30. The van der Waals surface area contributed by atoms with E-state index in [-0.39, 0.29) is 6.04 Å². The van der Waals surface area contributed by atoms with E-state index in [0.717, 1.165) is 12.8 Å². The first-order chi connectivity index (χ1) is 7.22. The van der Waals surface area contributed by atoms with Gasteiger partial charge in [-0.2, -0.15) is 0 Å². The summed E-state index contributed by atoms with van der Waals surface area (Å²) in [5.41, 5.74) is 0. The number of carbonyl (C=O) groups excluding carboxylic acids is 1. The normalized spacial score (nSPS) is 12.7. The summed E-state index contributed by atoms with van der Waals surface area (Å²) in [5, 5.41) is 2.98. The van der Waals surface area contributed by atoms with Gasteiger partial charge in [0.2, 0.25) is 0 Å². The third kappa shape index (κ3) is 8.61. The summed E-state index contributed by atoms with van der Waals surface area (Å²) in [6, 6.07) is 0.0325. The minimum atomic E-state index is 0.0325. The van der Waals surface area contributed by atoms with E-state index in [9.17, 15) is 4.79 Å². The Morgan fingerprint density at radius 1 is 1.07 bits per heavy atom. The minimum Gasteiger partial charge on any atom is -0.311 e. The largest absolute Gasteiger partial charge is 0.311 e. The summed E-state index contributed by atoms with van der Waals surface area (Å²) < 4.78 is 0. The average molecular weight is 213 g/mol. The molecule has 0 radical (unpaired) electrons. The van der Waals surface area contributed by atoms with Crippen molar-refractivity contribution in [3.05, 3.63) is 0 Å². The molecule has 1 atom stereocenters. The van der Waals surface area contributed by atoms with Gasteiger partial charge in [0.1, 0.15) is 5.78 Å². The second kappa shape index (κ2) is 10.2. The highest BCUT2D eigenvalue weighted by atomic mass is 16.1. The lowest BCUT2D eigenvalue weighted by atomic mass is 10.0. The molecule has 0 bridgehead atoms. The molecule has 0 amide bonds. The predicted molar refractivity (Wildman–Crippen MR) is 66.1 cm³/mol. The van der Waals surface area contributed by atoms with Crippen LogP contribution in [0, 0.1) is 0 Å². The summed E-state index contributed by atoms with van der Waals surface area (Å²) in [6.07, 6.45) is 9.68. The van der Waals surface area contributed by atoms with Crippen LogP contribution in [-0.2, 0) is 4.79 Å². The fourth-order valence-electron chi connectivity index (χ4n) is 1.63. The van der Waals surface area contributed by atoms with Crippen LogP contribution in [0.1, 0.15) is 65.2 Å². The van der Waals surface area contributed by atoms with E-state index in [4.69, 9.17) is 0 Å². The number of Topliss-reactive ketones (excluding diaryl/α,β-unsaturated/α-hetero) is 1. The van der Waals surface area contributed by atoms with Crippen LogP contribution in [0.3, 0.4) is 0 Å². The molecule has 0 spiro atoms. The summed E-state index contributed by atoms with van der Waals surface area (Å²) in [7, 11) is 1.84. The zero-order valence-corrected chi connectivity index (χ0v) is 10.6. The van der Waals surface area contributed by atoms with Crippen LogP contribution >= 0.6 is 0 Å². The second-order valence-electron chi connectivity index (χ2n) is 4.35. The van der Waals surface area contributed by atoms with Gasteiger partial charge < -0.3 is 5.32 Å². The molecule has 0 aromatic rings. The molecule has 2 nitrogen and oxygen atoms in total. The lowest BCUT2D eigenvalue weighted by Crippen LogP contribution is -2.30. The molecular weight excluding hydrogens is 186 g/mol. The lowest BCUT2D eigenvalue weighted by Gasteiger charge is -2.08. The van der Waals surface area contributed by atoms with Gasteiger partial charge >= 0.3 is 0 Å². The molecular formula is C13H27NO. The molecule has 0 rings (SSSR count). The van der Waals surface area contributed by atoms with E-state index < -0.39 is 0 Å². The Kier molecular flexibility index (Phi) is 9.91.